The molecule has 3 nitrogen and oxygen atoms in total. The van der Waals surface area contributed by atoms with Crippen molar-refractivity contribution in [1.29, 1.82) is 0 Å². The Balaban J connectivity index is 1.77. The Bertz CT molecular complexity index is 252. The average Bonchev–Trinajstić information content (AvgIpc) is 2.76. The lowest BCUT2D eigenvalue weighted by atomic mass is 9.94. The minimum atomic E-state index is -0.0185. The topological polar surface area (TPSA) is 38.3 Å². The maximum Gasteiger partial charge on any atom is 0.323 e. The Morgan fingerprint density at radius 3 is 3.00 bits per heavy atom. The maximum atomic E-state index is 11.9. The summed E-state index contributed by atoms with van der Waals surface area (Å²) in [6.07, 6.45) is 4.73. The molecule has 2 fully saturated rings. The molecule has 1 aliphatic carbocycles. The lowest BCUT2D eigenvalue weighted by Gasteiger charge is -2.17. The van der Waals surface area contributed by atoms with Gasteiger partial charge in [0.05, 0.1) is 6.61 Å². The molecule has 1 heterocycles. The molecular weight excluding hydrogens is 202 g/mol. The zero-order valence-electron chi connectivity index (χ0n) is 10.4. The van der Waals surface area contributed by atoms with Crippen LogP contribution in [0.25, 0.3) is 0 Å². The predicted octanol–water partition coefficient (Wildman–Crippen LogP) is 1.96. The molecule has 1 saturated heterocycles. The Kier molecular flexibility index (Phi) is 3.85. The van der Waals surface area contributed by atoms with Crippen LogP contribution in [0, 0.1) is 17.8 Å². The summed E-state index contributed by atoms with van der Waals surface area (Å²) < 4.78 is 5.34. The SMILES string of the molecule is CC(C)CCOC(=O)C1NCC2CCCC21. The van der Waals surface area contributed by atoms with Crippen molar-refractivity contribution < 1.29 is 9.53 Å². The highest BCUT2D eigenvalue weighted by Crippen LogP contribution is 2.37. The second-order valence-corrected chi connectivity index (χ2v) is 5.59. The fraction of sp³-hybridized carbons (Fsp3) is 0.923. The van der Waals surface area contributed by atoms with Gasteiger partial charge in [0, 0.05) is 0 Å². The van der Waals surface area contributed by atoms with E-state index in [4.69, 9.17) is 4.74 Å². The Morgan fingerprint density at radius 2 is 2.25 bits per heavy atom. The summed E-state index contributed by atoms with van der Waals surface area (Å²) in [6, 6.07) is -0.0142. The van der Waals surface area contributed by atoms with Crippen LogP contribution >= 0.6 is 0 Å². The third-order valence-electron chi connectivity index (χ3n) is 3.94. The number of ether oxygens (including phenoxy) is 1. The van der Waals surface area contributed by atoms with Crippen molar-refractivity contribution in [3.05, 3.63) is 0 Å². The van der Waals surface area contributed by atoms with Gasteiger partial charge in [0.15, 0.2) is 0 Å². The van der Waals surface area contributed by atoms with Gasteiger partial charge in [0.1, 0.15) is 6.04 Å². The molecule has 2 aliphatic rings. The van der Waals surface area contributed by atoms with Crippen molar-refractivity contribution in [2.24, 2.45) is 17.8 Å². The first kappa shape index (κ1) is 11.9. The minimum absolute atomic E-state index is 0.0142. The van der Waals surface area contributed by atoms with E-state index in [-0.39, 0.29) is 12.0 Å². The van der Waals surface area contributed by atoms with Crippen LogP contribution in [0.1, 0.15) is 39.5 Å². The number of esters is 1. The van der Waals surface area contributed by atoms with E-state index in [1.54, 1.807) is 0 Å². The first-order valence-electron chi connectivity index (χ1n) is 6.58. The van der Waals surface area contributed by atoms with Crippen LogP contribution in [-0.4, -0.2) is 25.2 Å². The summed E-state index contributed by atoms with van der Waals surface area (Å²) in [5, 5.41) is 3.32. The largest absolute Gasteiger partial charge is 0.465 e. The quantitative estimate of drug-likeness (QED) is 0.743. The average molecular weight is 225 g/mol. The molecule has 0 spiro atoms. The summed E-state index contributed by atoms with van der Waals surface area (Å²) in [4.78, 5) is 11.9. The van der Waals surface area contributed by atoms with Gasteiger partial charge >= 0.3 is 5.97 Å². The summed E-state index contributed by atoms with van der Waals surface area (Å²) >= 11 is 0. The van der Waals surface area contributed by atoms with E-state index in [1.807, 2.05) is 0 Å². The summed E-state index contributed by atoms with van der Waals surface area (Å²) in [7, 11) is 0. The third-order valence-corrected chi connectivity index (χ3v) is 3.94. The first-order valence-corrected chi connectivity index (χ1v) is 6.58. The van der Waals surface area contributed by atoms with Crippen molar-refractivity contribution >= 4 is 5.97 Å². The zero-order valence-corrected chi connectivity index (χ0v) is 10.4. The third kappa shape index (κ3) is 2.57. The predicted molar refractivity (Wildman–Crippen MR) is 63.0 cm³/mol. The van der Waals surface area contributed by atoms with Gasteiger partial charge in [0.2, 0.25) is 0 Å². The van der Waals surface area contributed by atoms with Crippen molar-refractivity contribution in [3.63, 3.8) is 0 Å². The second-order valence-electron chi connectivity index (χ2n) is 5.59. The van der Waals surface area contributed by atoms with E-state index in [0.717, 1.165) is 18.9 Å². The lowest BCUT2D eigenvalue weighted by molar-refractivity contribution is -0.147. The molecule has 3 heteroatoms. The van der Waals surface area contributed by atoms with Crippen molar-refractivity contribution in [3.8, 4) is 0 Å². The molecule has 3 unspecified atom stereocenters. The minimum Gasteiger partial charge on any atom is -0.465 e. The molecule has 0 bridgehead atoms. The molecule has 0 aromatic rings. The summed E-state index contributed by atoms with van der Waals surface area (Å²) in [5.74, 6) is 1.85. The Hall–Kier alpha value is -0.570. The van der Waals surface area contributed by atoms with Gasteiger partial charge in [-0.05, 0) is 43.6 Å². The van der Waals surface area contributed by atoms with Crippen LogP contribution in [0.2, 0.25) is 0 Å². The molecule has 1 aliphatic heterocycles. The molecule has 92 valence electrons. The van der Waals surface area contributed by atoms with E-state index < -0.39 is 0 Å². The van der Waals surface area contributed by atoms with Gasteiger partial charge in [-0.25, -0.2) is 0 Å². The summed E-state index contributed by atoms with van der Waals surface area (Å²) in [6.45, 7) is 5.88. The highest BCUT2D eigenvalue weighted by atomic mass is 16.5. The first-order chi connectivity index (χ1) is 7.68. The van der Waals surface area contributed by atoms with Gasteiger partial charge in [0.25, 0.3) is 0 Å². The zero-order chi connectivity index (χ0) is 11.5. The van der Waals surface area contributed by atoms with E-state index in [1.165, 1.54) is 19.3 Å². The van der Waals surface area contributed by atoms with Crippen molar-refractivity contribution in [2.75, 3.05) is 13.2 Å². The van der Waals surface area contributed by atoms with Gasteiger partial charge < -0.3 is 10.1 Å². The molecule has 3 atom stereocenters. The molecule has 0 amide bonds. The number of carbonyl (C=O) groups is 1. The molecule has 2 rings (SSSR count). The van der Waals surface area contributed by atoms with Crippen LogP contribution in [0.5, 0.6) is 0 Å². The second kappa shape index (κ2) is 5.17. The van der Waals surface area contributed by atoms with Gasteiger partial charge in [-0.3, -0.25) is 4.79 Å². The highest BCUT2D eigenvalue weighted by Gasteiger charge is 2.43. The number of nitrogens with one attached hydrogen (secondary N) is 1. The molecular formula is C13H23NO2. The van der Waals surface area contributed by atoms with E-state index in [9.17, 15) is 4.79 Å². The van der Waals surface area contributed by atoms with Crippen LogP contribution < -0.4 is 5.32 Å². The van der Waals surface area contributed by atoms with Gasteiger partial charge in [-0.15, -0.1) is 0 Å². The lowest BCUT2D eigenvalue weighted by Crippen LogP contribution is -2.37. The van der Waals surface area contributed by atoms with Gasteiger partial charge in [-0.1, -0.05) is 20.3 Å². The number of rotatable bonds is 4. The molecule has 16 heavy (non-hydrogen) atoms. The van der Waals surface area contributed by atoms with Gasteiger partial charge in [-0.2, -0.15) is 0 Å². The monoisotopic (exact) mass is 225 g/mol. The van der Waals surface area contributed by atoms with Crippen LogP contribution in [0.3, 0.4) is 0 Å². The Labute approximate surface area is 97.9 Å². The number of fused-ring (bicyclic) bond motifs is 1. The van der Waals surface area contributed by atoms with Crippen LogP contribution in [0.4, 0.5) is 0 Å². The molecule has 0 aromatic carbocycles. The Morgan fingerprint density at radius 1 is 1.44 bits per heavy atom. The molecule has 0 radical (unpaired) electrons. The van der Waals surface area contributed by atoms with E-state index in [2.05, 4.69) is 19.2 Å². The summed E-state index contributed by atoms with van der Waals surface area (Å²) in [5.41, 5.74) is 0. The van der Waals surface area contributed by atoms with E-state index in [0.29, 0.717) is 18.4 Å². The number of hydrogen-bond acceptors (Lipinski definition) is 3. The van der Waals surface area contributed by atoms with Crippen LogP contribution in [-0.2, 0) is 9.53 Å². The smallest absolute Gasteiger partial charge is 0.323 e. The highest BCUT2D eigenvalue weighted by molar-refractivity contribution is 5.76. The fourth-order valence-electron chi connectivity index (χ4n) is 2.93. The maximum absolute atomic E-state index is 11.9. The molecule has 0 aromatic heterocycles. The molecule has 1 saturated carbocycles. The van der Waals surface area contributed by atoms with Crippen molar-refractivity contribution in [2.45, 2.75) is 45.6 Å². The number of carbonyl (C=O) groups excluding carboxylic acids is 1. The molecule has 1 N–H and O–H groups in total. The normalized spacial score (nSPS) is 33.1. The van der Waals surface area contributed by atoms with E-state index >= 15 is 0 Å². The van der Waals surface area contributed by atoms with Crippen molar-refractivity contribution in [1.82, 2.24) is 5.32 Å². The number of hydrogen-bond donors (Lipinski definition) is 1. The van der Waals surface area contributed by atoms with Crippen LogP contribution in [0.15, 0.2) is 0 Å². The standard InChI is InChI=1S/C13H23NO2/c1-9(2)6-7-16-13(15)12-11-5-3-4-10(11)8-14-12/h9-12,14H,3-8H2,1-2H3. The fourth-order valence-corrected chi connectivity index (χ4v) is 2.93.